The van der Waals surface area contributed by atoms with E-state index in [-0.39, 0.29) is 12.2 Å². The average molecular weight is 242 g/mol. The van der Waals surface area contributed by atoms with Gasteiger partial charge < -0.3 is 9.64 Å². The summed E-state index contributed by atoms with van der Waals surface area (Å²) in [4.78, 5) is 10.7. The molecule has 16 heavy (non-hydrogen) atoms. The standard InChI is InChI=1S/C11H16ClN3O/c1-7-5-15(6-8(2)16-7)11-4-10(12)13-9(3)14-11/h4,7-8H,5-6H2,1-3H3/t7-,8-/m0/s1. The minimum atomic E-state index is 0.220. The van der Waals surface area contributed by atoms with E-state index in [1.165, 1.54) is 0 Å². The fraction of sp³-hybridized carbons (Fsp3) is 0.636. The van der Waals surface area contributed by atoms with Crippen molar-refractivity contribution in [2.45, 2.75) is 33.0 Å². The van der Waals surface area contributed by atoms with E-state index in [9.17, 15) is 0 Å². The molecule has 0 N–H and O–H groups in total. The van der Waals surface area contributed by atoms with Gasteiger partial charge in [0.1, 0.15) is 16.8 Å². The minimum Gasteiger partial charge on any atom is -0.372 e. The zero-order valence-corrected chi connectivity index (χ0v) is 10.5. The van der Waals surface area contributed by atoms with E-state index in [2.05, 4.69) is 28.7 Å². The highest BCUT2D eigenvalue weighted by Crippen LogP contribution is 2.20. The summed E-state index contributed by atoms with van der Waals surface area (Å²) < 4.78 is 5.68. The number of halogens is 1. The second-order valence-electron chi connectivity index (χ2n) is 4.26. The number of anilines is 1. The van der Waals surface area contributed by atoms with E-state index >= 15 is 0 Å². The van der Waals surface area contributed by atoms with E-state index in [1.807, 2.05) is 6.92 Å². The molecule has 5 heteroatoms. The van der Waals surface area contributed by atoms with Crippen LogP contribution in [0.3, 0.4) is 0 Å². The summed E-state index contributed by atoms with van der Waals surface area (Å²) >= 11 is 5.93. The lowest BCUT2D eigenvalue weighted by Gasteiger charge is -2.36. The molecule has 4 nitrogen and oxygen atoms in total. The molecule has 1 aromatic rings. The van der Waals surface area contributed by atoms with Crippen LogP contribution in [-0.4, -0.2) is 35.3 Å². The van der Waals surface area contributed by atoms with Crippen LogP contribution in [0.2, 0.25) is 5.15 Å². The van der Waals surface area contributed by atoms with Crippen LogP contribution in [0.1, 0.15) is 19.7 Å². The van der Waals surface area contributed by atoms with Crippen LogP contribution in [0, 0.1) is 6.92 Å². The van der Waals surface area contributed by atoms with Crippen LogP contribution in [0.15, 0.2) is 6.07 Å². The molecule has 0 unspecified atom stereocenters. The third kappa shape index (κ3) is 2.62. The van der Waals surface area contributed by atoms with Crippen molar-refractivity contribution in [3.05, 3.63) is 17.0 Å². The Hall–Kier alpha value is -0.870. The number of hydrogen-bond acceptors (Lipinski definition) is 4. The molecule has 0 spiro atoms. The van der Waals surface area contributed by atoms with E-state index in [4.69, 9.17) is 16.3 Å². The van der Waals surface area contributed by atoms with Gasteiger partial charge in [-0.15, -0.1) is 0 Å². The Bertz CT molecular complexity index is 355. The molecule has 0 radical (unpaired) electrons. The summed E-state index contributed by atoms with van der Waals surface area (Å²) in [5, 5.41) is 0.495. The van der Waals surface area contributed by atoms with Gasteiger partial charge in [0.25, 0.3) is 0 Å². The highest BCUT2D eigenvalue weighted by Gasteiger charge is 2.23. The Balaban J connectivity index is 2.22. The van der Waals surface area contributed by atoms with Crippen molar-refractivity contribution < 1.29 is 4.74 Å². The Kier molecular flexibility index (Phi) is 3.30. The molecule has 2 rings (SSSR count). The highest BCUT2D eigenvalue weighted by atomic mass is 35.5. The van der Waals surface area contributed by atoms with Crippen molar-refractivity contribution in [3.8, 4) is 0 Å². The molecule has 0 amide bonds. The van der Waals surface area contributed by atoms with Crippen molar-refractivity contribution in [3.63, 3.8) is 0 Å². The Morgan fingerprint density at radius 3 is 2.50 bits per heavy atom. The van der Waals surface area contributed by atoms with Gasteiger partial charge in [0.2, 0.25) is 0 Å². The summed E-state index contributed by atoms with van der Waals surface area (Å²) in [5.41, 5.74) is 0. The Morgan fingerprint density at radius 1 is 1.31 bits per heavy atom. The number of ether oxygens (including phenoxy) is 1. The fourth-order valence-corrected chi connectivity index (χ4v) is 2.26. The van der Waals surface area contributed by atoms with Gasteiger partial charge in [0.15, 0.2) is 0 Å². The second-order valence-corrected chi connectivity index (χ2v) is 4.65. The predicted molar refractivity (Wildman–Crippen MR) is 64.0 cm³/mol. The van der Waals surface area contributed by atoms with Gasteiger partial charge in [-0.2, -0.15) is 0 Å². The number of nitrogens with zero attached hydrogens (tertiary/aromatic N) is 3. The maximum absolute atomic E-state index is 5.93. The largest absolute Gasteiger partial charge is 0.372 e. The number of hydrogen-bond donors (Lipinski definition) is 0. The van der Waals surface area contributed by atoms with Gasteiger partial charge in [-0.3, -0.25) is 0 Å². The molecule has 0 saturated carbocycles. The molecule has 0 aromatic carbocycles. The van der Waals surface area contributed by atoms with Crippen LogP contribution in [0.4, 0.5) is 5.82 Å². The molecule has 0 bridgehead atoms. The van der Waals surface area contributed by atoms with Crippen LogP contribution in [0.25, 0.3) is 0 Å². The molecule has 2 atom stereocenters. The van der Waals surface area contributed by atoms with Crippen LogP contribution in [0.5, 0.6) is 0 Å². The van der Waals surface area contributed by atoms with Gasteiger partial charge in [0.05, 0.1) is 12.2 Å². The topological polar surface area (TPSA) is 38.2 Å². The van der Waals surface area contributed by atoms with Crippen LogP contribution < -0.4 is 4.90 Å². The van der Waals surface area contributed by atoms with Crippen molar-refractivity contribution in [1.29, 1.82) is 0 Å². The van der Waals surface area contributed by atoms with Gasteiger partial charge in [-0.25, -0.2) is 9.97 Å². The summed E-state index contributed by atoms with van der Waals surface area (Å²) in [6, 6.07) is 1.80. The summed E-state index contributed by atoms with van der Waals surface area (Å²) in [6.07, 6.45) is 0.440. The molecule has 0 aliphatic carbocycles. The summed E-state index contributed by atoms with van der Waals surface area (Å²) in [6.45, 7) is 7.67. The molecule has 1 aliphatic heterocycles. The third-order valence-electron chi connectivity index (χ3n) is 2.54. The molecule has 1 aromatic heterocycles. The quantitative estimate of drug-likeness (QED) is 0.706. The first-order chi connectivity index (χ1) is 7.54. The van der Waals surface area contributed by atoms with Crippen molar-refractivity contribution in [2.75, 3.05) is 18.0 Å². The average Bonchev–Trinajstić information content (AvgIpc) is 2.14. The highest BCUT2D eigenvalue weighted by molar-refractivity contribution is 6.29. The smallest absolute Gasteiger partial charge is 0.134 e. The summed E-state index contributed by atoms with van der Waals surface area (Å²) in [7, 11) is 0. The monoisotopic (exact) mass is 241 g/mol. The molecule has 88 valence electrons. The van der Waals surface area contributed by atoms with Crippen LogP contribution >= 0.6 is 11.6 Å². The predicted octanol–water partition coefficient (Wildman–Crippen LogP) is 2.05. The third-order valence-corrected chi connectivity index (χ3v) is 2.73. The molecule has 1 saturated heterocycles. The minimum absolute atomic E-state index is 0.220. The van der Waals surface area contributed by atoms with Gasteiger partial charge in [-0.1, -0.05) is 11.6 Å². The van der Waals surface area contributed by atoms with Gasteiger partial charge >= 0.3 is 0 Å². The molecular weight excluding hydrogens is 226 g/mol. The molecule has 1 fully saturated rings. The molecular formula is C11H16ClN3O. The van der Waals surface area contributed by atoms with Gasteiger partial charge in [-0.05, 0) is 20.8 Å². The second kappa shape index (κ2) is 4.55. The lowest BCUT2D eigenvalue weighted by molar-refractivity contribution is -0.00547. The summed E-state index contributed by atoms with van der Waals surface area (Å²) in [5.74, 6) is 1.59. The zero-order valence-electron chi connectivity index (χ0n) is 9.77. The number of morpholine rings is 1. The number of aryl methyl sites for hydroxylation is 1. The Labute approximate surface area is 101 Å². The SMILES string of the molecule is Cc1nc(Cl)cc(N2C[C@H](C)O[C@@H](C)C2)n1. The fourth-order valence-electron chi connectivity index (χ4n) is 2.04. The van der Waals surface area contributed by atoms with Crippen molar-refractivity contribution in [1.82, 2.24) is 9.97 Å². The van der Waals surface area contributed by atoms with E-state index in [0.29, 0.717) is 11.0 Å². The first-order valence-corrected chi connectivity index (χ1v) is 5.84. The lowest BCUT2D eigenvalue weighted by Crippen LogP contribution is -2.45. The number of rotatable bonds is 1. The normalized spacial score (nSPS) is 25.9. The van der Waals surface area contributed by atoms with Crippen molar-refractivity contribution in [2.24, 2.45) is 0 Å². The maximum atomic E-state index is 5.93. The van der Waals surface area contributed by atoms with Crippen LogP contribution in [-0.2, 0) is 4.74 Å². The Morgan fingerprint density at radius 2 is 1.94 bits per heavy atom. The van der Waals surface area contributed by atoms with Crippen molar-refractivity contribution >= 4 is 17.4 Å². The van der Waals surface area contributed by atoms with E-state index in [0.717, 1.165) is 18.9 Å². The van der Waals surface area contributed by atoms with Gasteiger partial charge in [0, 0.05) is 19.2 Å². The lowest BCUT2D eigenvalue weighted by atomic mass is 10.2. The zero-order chi connectivity index (χ0) is 11.7. The van der Waals surface area contributed by atoms with E-state index in [1.54, 1.807) is 6.07 Å². The molecule has 1 aliphatic rings. The first kappa shape index (κ1) is 11.6. The first-order valence-electron chi connectivity index (χ1n) is 5.46. The maximum Gasteiger partial charge on any atom is 0.134 e. The number of aromatic nitrogens is 2. The van der Waals surface area contributed by atoms with E-state index < -0.39 is 0 Å². The molecule has 2 heterocycles.